The summed E-state index contributed by atoms with van der Waals surface area (Å²) in [6.07, 6.45) is 8.30. The standard InChI is InChI=1S/C24H28N6O3/c31-22(16-4-5-16)28-10-8-24(33,9-11-28)14-29-15-25-21-20(23(29)32)13-26-30(21)19-3-1-2-18(12-19)27-17-6-7-17/h1-3,12-13,15-17,27,33H,4-11,14H2. The summed E-state index contributed by atoms with van der Waals surface area (Å²) in [5, 5.41) is 19.4. The van der Waals surface area contributed by atoms with Gasteiger partial charge >= 0.3 is 0 Å². The minimum Gasteiger partial charge on any atom is -0.388 e. The number of carbonyl (C=O) groups is 1. The number of nitrogens with zero attached hydrogens (tertiary/aromatic N) is 5. The molecule has 2 aromatic heterocycles. The Morgan fingerprint density at radius 1 is 1.18 bits per heavy atom. The summed E-state index contributed by atoms with van der Waals surface area (Å²) >= 11 is 0. The Labute approximate surface area is 191 Å². The number of aliphatic hydroxyl groups is 1. The molecule has 9 heteroatoms. The first-order valence-electron chi connectivity index (χ1n) is 11.8. The van der Waals surface area contributed by atoms with E-state index in [2.05, 4.69) is 15.4 Å². The first kappa shape index (κ1) is 20.4. The number of hydrogen-bond acceptors (Lipinski definition) is 6. The van der Waals surface area contributed by atoms with Crippen molar-refractivity contribution in [2.45, 2.75) is 56.7 Å². The van der Waals surface area contributed by atoms with Gasteiger partial charge in [0.05, 0.1) is 24.0 Å². The van der Waals surface area contributed by atoms with Crippen molar-refractivity contribution in [1.29, 1.82) is 0 Å². The van der Waals surface area contributed by atoms with Gasteiger partial charge in [-0.3, -0.25) is 14.2 Å². The topological polar surface area (TPSA) is 105 Å². The van der Waals surface area contributed by atoms with E-state index in [4.69, 9.17) is 0 Å². The van der Waals surface area contributed by atoms with Crippen molar-refractivity contribution in [1.82, 2.24) is 24.2 Å². The summed E-state index contributed by atoms with van der Waals surface area (Å²) in [6.45, 7) is 1.21. The maximum atomic E-state index is 13.2. The molecule has 0 unspecified atom stereocenters. The molecular weight excluding hydrogens is 420 g/mol. The normalized spacial score (nSPS) is 20.2. The maximum absolute atomic E-state index is 13.2. The predicted octanol–water partition coefficient (Wildman–Crippen LogP) is 1.92. The van der Waals surface area contributed by atoms with E-state index in [-0.39, 0.29) is 23.9 Å². The highest BCUT2D eigenvalue weighted by Gasteiger charge is 2.39. The van der Waals surface area contributed by atoms with Crippen molar-refractivity contribution in [3.05, 3.63) is 47.1 Å². The Morgan fingerprint density at radius 3 is 2.70 bits per heavy atom. The fourth-order valence-electron chi connectivity index (χ4n) is 4.65. The van der Waals surface area contributed by atoms with Crippen molar-refractivity contribution in [2.75, 3.05) is 18.4 Å². The van der Waals surface area contributed by atoms with Crippen molar-refractivity contribution >= 4 is 22.6 Å². The van der Waals surface area contributed by atoms with Crippen LogP contribution in [0.4, 0.5) is 5.69 Å². The molecule has 1 aromatic carbocycles. The number of amides is 1. The number of hydrogen-bond donors (Lipinski definition) is 2. The average Bonchev–Trinajstić information content (AvgIpc) is 3.75. The quantitative estimate of drug-likeness (QED) is 0.597. The lowest BCUT2D eigenvalue weighted by molar-refractivity contribution is -0.137. The third-order valence-electron chi connectivity index (χ3n) is 6.99. The van der Waals surface area contributed by atoms with Gasteiger partial charge in [0.2, 0.25) is 5.91 Å². The van der Waals surface area contributed by atoms with Gasteiger partial charge in [0, 0.05) is 30.7 Å². The number of likely N-dealkylation sites (tertiary alicyclic amines) is 1. The summed E-state index contributed by atoms with van der Waals surface area (Å²) in [5.41, 5.74) is 1.12. The van der Waals surface area contributed by atoms with Gasteiger partial charge < -0.3 is 15.3 Å². The lowest BCUT2D eigenvalue weighted by atomic mass is 9.91. The highest BCUT2D eigenvalue weighted by Crippen LogP contribution is 2.33. The van der Waals surface area contributed by atoms with Crippen molar-refractivity contribution in [2.24, 2.45) is 5.92 Å². The molecule has 0 atom stereocenters. The average molecular weight is 449 g/mol. The zero-order chi connectivity index (χ0) is 22.6. The Hall–Kier alpha value is -3.20. The second-order valence-electron chi connectivity index (χ2n) is 9.76. The van der Waals surface area contributed by atoms with Gasteiger partial charge in [0.15, 0.2) is 5.65 Å². The van der Waals surface area contributed by atoms with Gasteiger partial charge in [-0.1, -0.05) is 6.07 Å². The van der Waals surface area contributed by atoms with Gasteiger partial charge in [0.1, 0.15) is 11.7 Å². The fourth-order valence-corrected chi connectivity index (χ4v) is 4.65. The number of carbonyl (C=O) groups excluding carboxylic acids is 1. The van der Waals surface area contributed by atoms with Crippen LogP contribution in [0.2, 0.25) is 0 Å². The lowest BCUT2D eigenvalue weighted by Gasteiger charge is -2.38. The molecule has 0 spiro atoms. The number of piperidine rings is 1. The SMILES string of the molecule is O=C(C1CC1)N1CCC(O)(Cn2cnc3c(cnn3-c3cccc(NC4CC4)c3)c2=O)CC1. The van der Waals surface area contributed by atoms with E-state index in [1.807, 2.05) is 29.2 Å². The monoisotopic (exact) mass is 448 g/mol. The van der Waals surface area contributed by atoms with Crippen LogP contribution in [0.3, 0.4) is 0 Å². The molecule has 3 aromatic rings. The molecule has 172 valence electrons. The van der Waals surface area contributed by atoms with E-state index in [1.165, 1.54) is 23.7 Å². The Balaban J connectivity index is 1.21. The second kappa shape index (κ2) is 7.69. The molecule has 1 aliphatic heterocycles. The van der Waals surface area contributed by atoms with E-state index in [0.717, 1.165) is 24.2 Å². The molecular formula is C24H28N6O3. The van der Waals surface area contributed by atoms with Gasteiger partial charge in [-0.2, -0.15) is 5.10 Å². The largest absolute Gasteiger partial charge is 0.388 e. The first-order chi connectivity index (χ1) is 16.0. The van der Waals surface area contributed by atoms with E-state index < -0.39 is 5.60 Å². The minimum atomic E-state index is -1.03. The smallest absolute Gasteiger partial charge is 0.264 e. The van der Waals surface area contributed by atoms with Gasteiger partial charge in [-0.05, 0) is 56.7 Å². The molecule has 2 aliphatic carbocycles. The summed E-state index contributed by atoms with van der Waals surface area (Å²) in [6, 6.07) is 8.49. The molecule has 1 saturated heterocycles. The minimum absolute atomic E-state index is 0.159. The summed E-state index contributed by atoms with van der Waals surface area (Å²) in [7, 11) is 0. The summed E-state index contributed by atoms with van der Waals surface area (Å²) in [4.78, 5) is 31.8. The van der Waals surface area contributed by atoms with Crippen LogP contribution >= 0.6 is 0 Å². The Bertz CT molecular complexity index is 1260. The van der Waals surface area contributed by atoms with Crippen molar-refractivity contribution < 1.29 is 9.90 Å². The summed E-state index contributed by atoms with van der Waals surface area (Å²) in [5.74, 6) is 0.397. The van der Waals surface area contributed by atoms with Crippen LogP contribution in [-0.2, 0) is 11.3 Å². The van der Waals surface area contributed by atoms with Crippen molar-refractivity contribution in [3.63, 3.8) is 0 Å². The molecule has 1 amide bonds. The Morgan fingerprint density at radius 2 is 1.97 bits per heavy atom. The number of anilines is 1. The van der Waals surface area contributed by atoms with Gasteiger partial charge in [0.25, 0.3) is 5.56 Å². The molecule has 3 aliphatic rings. The third kappa shape index (κ3) is 4.01. The van der Waals surface area contributed by atoms with Gasteiger partial charge in [-0.15, -0.1) is 0 Å². The third-order valence-corrected chi connectivity index (χ3v) is 6.99. The van der Waals surface area contributed by atoms with Crippen molar-refractivity contribution in [3.8, 4) is 5.69 Å². The highest BCUT2D eigenvalue weighted by atomic mass is 16.3. The second-order valence-corrected chi connectivity index (χ2v) is 9.76. The molecule has 0 radical (unpaired) electrons. The number of nitrogens with one attached hydrogen (secondary N) is 1. The molecule has 2 N–H and O–H groups in total. The van der Waals surface area contributed by atoms with E-state index in [9.17, 15) is 14.7 Å². The number of fused-ring (bicyclic) bond motifs is 1. The van der Waals surface area contributed by atoms with Crippen LogP contribution in [0.25, 0.3) is 16.7 Å². The number of aromatic nitrogens is 4. The lowest BCUT2D eigenvalue weighted by Crippen LogP contribution is -2.50. The van der Waals surface area contributed by atoms with Crippen LogP contribution in [0, 0.1) is 5.92 Å². The van der Waals surface area contributed by atoms with E-state index >= 15 is 0 Å². The number of rotatable bonds is 6. The fraction of sp³-hybridized carbons (Fsp3) is 0.500. The first-order valence-corrected chi connectivity index (χ1v) is 11.8. The zero-order valence-corrected chi connectivity index (χ0v) is 18.5. The molecule has 2 saturated carbocycles. The zero-order valence-electron chi connectivity index (χ0n) is 18.5. The van der Waals surface area contributed by atoms with Crippen LogP contribution in [0.15, 0.2) is 41.6 Å². The number of benzene rings is 1. The molecule has 0 bridgehead atoms. The predicted molar refractivity (Wildman–Crippen MR) is 123 cm³/mol. The van der Waals surface area contributed by atoms with Crippen LogP contribution in [0.5, 0.6) is 0 Å². The highest BCUT2D eigenvalue weighted by molar-refractivity contribution is 5.81. The van der Waals surface area contributed by atoms with Gasteiger partial charge in [-0.25, -0.2) is 9.67 Å². The van der Waals surface area contributed by atoms with Crippen LogP contribution < -0.4 is 10.9 Å². The van der Waals surface area contributed by atoms with E-state index in [0.29, 0.717) is 43.0 Å². The Kier molecular flexibility index (Phi) is 4.76. The summed E-state index contributed by atoms with van der Waals surface area (Å²) < 4.78 is 3.15. The molecule has 3 fully saturated rings. The molecule has 6 rings (SSSR count). The van der Waals surface area contributed by atoms with E-state index in [1.54, 1.807) is 10.9 Å². The molecule has 3 heterocycles. The molecule has 9 nitrogen and oxygen atoms in total. The molecule has 33 heavy (non-hydrogen) atoms. The maximum Gasteiger partial charge on any atom is 0.264 e. The van der Waals surface area contributed by atoms with Crippen LogP contribution in [-0.4, -0.2) is 60.0 Å². The van der Waals surface area contributed by atoms with Crippen LogP contribution in [0.1, 0.15) is 38.5 Å².